The first-order valence-corrected chi connectivity index (χ1v) is 4.86. The molecule has 0 radical (unpaired) electrons. The maximum atomic E-state index is 12.1. The lowest BCUT2D eigenvalue weighted by Gasteiger charge is -2.33. The first kappa shape index (κ1) is 10.4. The number of ether oxygens (including phenoxy) is 1. The molecule has 0 saturated heterocycles. The lowest BCUT2D eigenvalue weighted by molar-refractivity contribution is -1.04. The number of rotatable bonds is 3. The molecule has 5 heteroatoms. The van der Waals surface area contributed by atoms with Crippen LogP contribution in [0.25, 0.3) is 0 Å². The number of fused-ring (bicyclic) bond motifs is 1. The van der Waals surface area contributed by atoms with Gasteiger partial charge in [-0.3, -0.25) is 4.98 Å². The summed E-state index contributed by atoms with van der Waals surface area (Å²) < 4.78 is 4.89. The molecule has 0 aromatic carbocycles. The summed E-state index contributed by atoms with van der Waals surface area (Å²) in [6.45, 7) is 2.89. The Morgan fingerprint density at radius 3 is 3.13 bits per heavy atom. The van der Waals surface area contributed by atoms with Crippen LogP contribution in [-0.2, 0) is 11.3 Å². The SMILES string of the molecule is COCC[N+]1([O-])Cc2c(ccnc2C)O1. The lowest BCUT2D eigenvalue weighted by Crippen LogP contribution is -2.43. The van der Waals surface area contributed by atoms with Crippen LogP contribution in [0.1, 0.15) is 11.3 Å². The van der Waals surface area contributed by atoms with Crippen molar-refractivity contribution in [2.24, 2.45) is 0 Å². The van der Waals surface area contributed by atoms with E-state index < -0.39 is 4.81 Å². The smallest absolute Gasteiger partial charge is 0.203 e. The van der Waals surface area contributed by atoms with E-state index in [1.165, 1.54) is 0 Å². The summed E-state index contributed by atoms with van der Waals surface area (Å²) in [5.41, 5.74) is 1.77. The van der Waals surface area contributed by atoms with Crippen LogP contribution in [0.2, 0.25) is 0 Å². The minimum absolute atomic E-state index is 0.296. The molecule has 2 heterocycles. The van der Waals surface area contributed by atoms with Gasteiger partial charge < -0.3 is 14.8 Å². The molecule has 82 valence electrons. The fraction of sp³-hybridized carbons (Fsp3) is 0.500. The maximum absolute atomic E-state index is 12.1. The topological polar surface area (TPSA) is 54.4 Å². The second-order valence-corrected chi connectivity index (χ2v) is 3.65. The Bertz CT molecular complexity index is 370. The zero-order valence-electron chi connectivity index (χ0n) is 8.90. The van der Waals surface area contributed by atoms with Gasteiger partial charge in [-0.25, -0.2) is 0 Å². The van der Waals surface area contributed by atoms with Gasteiger partial charge in [-0.05, 0) is 6.92 Å². The van der Waals surface area contributed by atoms with Crippen molar-refractivity contribution in [2.75, 3.05) is 20.3 Å². The fourth-order valence-corrected chi connectivity index (χ4v) is 1.66. The molecule has 0 N–H and O–H groups in total. The Labute approximate surface area is 88.4 Å². The Hall–Kier alpha value is -1.17. The molecule has 0 bridgehead atoms. The van der Waals surface area contributed by atoms with Gasteiger partial charge in [0, 0.05) is 19.4 Å². The average Bonchev–Trinajstić information content (AvgIpc) is 2.54. The van der Waals surface area contributed by atoms with E-state index >= 15 is 0 Å². The Balaban J connectivity index is 2.17. The summed E-state index contributed by atoms with van der Waals surface area (Å²) >= 11 is 0. The summed E-state index contributed by atoms with van der Waals surface area (Å²) in [5.74, 6) is 0.647. The summed E-state index contributed by atoms with van der Waals surface area (Å²) in [6, 6.07) is 1.73. The van der Waals surface area contributed by atoms with Gasteiger partial charge in [0.2, 0.25) is 5.75 Å². The van der Waals surface area contributed by atoms with Crippen LogP contribution in [0.15, 0.2) is 12.3 Å². The number of hydroxylamine groups is 4. The van der Waals surface area contributed by atoms with Gasteiger partial charge in [0.15, 0.2) is 0 Å². The van der Waals surface area contributed by atoms with Crippen LogP contribution >= 0.6 is 0 Å². The molecule has 0 spiro atoms. The molecule has 2 rings (SSSR count). The van der Waals surface area contributed by atoms with E-state index in [2.05, 4.69) is 4.98 Å². The number of methoxy groups -OCH3 is 1. The molecule has 1 aliphatic heterocycles. The van der Waals surface area contributed by atoms with Gasteiger partial charge in [-0.15, -0.1) is 0 Å². The van der Waals surface area contributed by atoms with Crippen LogP contribution < -0.4 is 4.84 Å². The minimum Gasteiger partial charge on any atom is -0.589 e. The van der Waals surface area contributed by atoms with Crippen LogP contribution in [0.5, 0.6) is 5.75 Å². The van der Waals surface area contributed by atoms with Gasteiger partial charge in [-0.1, -0.05) is 0 Å². The van der Waals surface area contributed by atoms with Gasteiger partial charge >= 0.3 is 0 Å². The second kappa shape index (κ2) is 3.77. The maximum Gasteiger partial charge on any atom is 0.203 e. The van der Waals surface area contributed by atoms with Crippen molar-refractivity contribution < 1.29 is 14.4 Å². The van der Waals surface area contributed by atoms with Crippen LogP contribution in [-0.4, -0.2) is 30.1 Å². The molecule has 0 amide bonds. The molecule has 0 fully saturated rings. The molecule has 1 unspecified atom stereocenters. The highest BCUT2D eigenvalue weighted by atomic mass is 16.9. The normalized spacial score (nSPS) is 23.7. The molecule has 1 atom stereocenters. The largest absolute Gasteiger partial charge is 0.589 e. The minimum atomic E-state index is -0.699. The van der Waals surface area contributed by atoms with Crippen LogP contribution in [0.3, 0.4) is 0 Å². The molecule has 15 heavy (non-hydrogen) atoms. The summed E-state index contributed by atoms with van der Waals surface area (Å²) in [4.78, 5) is 8.78. The van der Waals surface area contributed by atoms with Crippen molar-refractivity contribution in [1.82, 2.24) is 4.98 Å². The van der Waals surface area contributed by atoms with Gasteiger partial charge in [0.1, 0.15) is 13.1 Å². The van der Waals surface area contributed by atoms with E-state index in [0.717, 1.165) is 11.3 Å². The van der Waals surface area contributed by atoms with E-state index in [-0.39, 0.29) is 0 Å². The third-order valence-electron chi connectivity index (χ3n) is 2.53. The van der Waals surface area contributed by atoms with Crippen molar-refractivity contribution in [3.63, 3.8) is 0 Å². The summed E-state index contributed by atoms with van der Waals surface area (Å²) in [5, 5.41) is 12.1. The Morgan fingerprint density at radius 2 is 2.47 bits per heavy atom. The first-order chi connectivity index (χ1) is 7.14. The molecular weight excluding hydrogens is 196 g/mol. The quantitative estimate of drug-likeness (QED) is 0.555. The van der Waals surface area contributed by atoms with Crippen molar-refractivity contribution in [2.45, 2.75) is 13.5 Å². The lowest BCUT2D eigenvalue weighted by atomic mass is 10.2. The van der Waals surface area contributed by atoms with Crippen LogP contribution in [0.4, 0.5) is 0 Å². The third kappa shape index (κ3) is 1.94. The van der Waals surface area contributed by atoms with Crippen molar-refractivity contribution >= 4 is 0 Å². The number of pyridine rings is 1. The molecular formula is C10H14N2O3. The van der Waals surface area contributed by atoms with Crippen molar-refractivity contribution in [1.29, 1.82) is 0 Å². The van der Waals surface area contributed by atoms with Gasteiger partial charge in [0.05, 0.1) is 17.9 Å². The molecule has 0 saturated carbocycles. The van der Waals surface area contributed by atoms with Crippen molar-refractivity contribution in [3.8, 4) is 5.75 Å². The summed E-state index contributed by atoms with van der Waals surface area (Å²) in [6.07, 6.45) is 1.65. The molecule has 1 aromatic heterocycles. The molecule has 5 nitrogen and oxygen atoms in total. The van der Waals surface area contributed by atoms with Crippen LogP contribution in [0, 0.1) is 12.1 Å². The number of nitrogens with zero attached hydrogens (tertiary/aromatic N) is 2. The van der Waals surface area contributed by atoms with Gasteiger partial charge in [0.25, 0.3) is 0 Å². The van der Waals surface area contributed by atoms with Gasteiger partial charge in [-0.2, -0.15) is 4.81 Å². The molecule has 1 aliphatic rings. The predicted octanol–water partition coefficient (Wildman–Crippen LogP) is 1.16. The second-order valence-electron chi connectivity index (χ2n) is 3.65. The zero-order valence-corrected chi connectivity index (χ0v) is 8.90. The fourth-order valence-electron chi connectivity index (χ4n) is 1.66. The average molecular weight is 210 g/mol. The number of aromatic nitrogens is 1. The van der Waals surface area contributed by atoms with E-state index in [0.29, 0.717) is 25.4 Å². The standard InChI is InChI=1S/C10H14N2O3/c1-8-9-7-12(13,5-6-14-2)15-10(9)3-4-11-8/h3-4H,5-7H2,1-2H3. The number of hydrogen-bond acceptors (Lipinski definition) is 4. The summed E-state index contributed by atoms with van der Waals surface area (Å²) in [7, 11) is 1.57. The van der Waals surface area contributed by atoms with E-state index in [1.807, 2.05) is 6.92 Å². The third-order valence-corrected chi connectivity index (χ3v) is 2.53. The molecule has 1 aromatic rings. The Morgan fingerprint density at radius 1 is 1.67 bits per heavy atom. The van der Waals surface area contributed by atoms with Crippen molar-refractivity contribution in [3.05, 3.63) is 28.7 Å². The number of aryl methyl sites for hydroxylation is 1. The Kier molecular flexibility index (Phi) is 2.60. The number of quaternary nitrogens is 1. The number of hydrogen-bond donors (Lipinski definition) is 0. The highest BCUT2D eigenvalue weighted by molar-refractivity contribution is 5.35. The van der Waals surface area contributed by atoms with E-state index in [9.17, 15) is 5.21 Å². The van der Waals surface area contributed by atoms with E-state index in [1.54, 1.807) is 19.4 Å². The zero-order chi connectivity index (χ0) is 10.9. The predicted molar refractivity (Wildman–Crippen MR) is 53.7 cm³/mol. The molecule has 0 aliphatic carbocycles. The van der Waals surface area contributed by atoms with E-state index in [4.69, 9.17) is 9.57 Å². The highest BCUT2D eigenvalue weighted by Crippen LogP contribution is 2.33. The highest BCUT2D eigenvalue weighted by Gasteiger charge is 2.32. The monoisotopic (exact) mass is 210 g/mol. The first-order valence-electron chi connectivity index (χ1n) is 4.86.